The maximum absolute atomic E-state index is 5.71. The zero-order chi connectivity index (χ0) is 9.26. The maximum atomic E-state index is 5.71. The Hall–Kier alpha value is -1.13. The lowest BCUT2D eigenvalue weighted by Gasteiger charge is -1.96. The van der Waals surface area contributed by atoms with Crippen LogP contribution in [0.15, 0.2) is 23.7 Å². The van der Waals surface area contributed by atoms with Crippen LogP contribution in [0.4, 0.5) is 0 Å². The molecule has 0 aliphatic heterocycles. The molecule has 1 atom stereocenters. The normalized spacial score (nSPS) is 13.1. The molecule has 2 rings (SSSR count). The Morgan fingerprint density at radius 3 is 3.00 bits per heavy atom. The third-order valence-corrected chi connectivity index (χ3v) is 2.71. The van der Waals surface area contributed by atoms with Gasteiger partial charge in [0, 0.05) is 17.6 Å². The molecular formula is C9H11N3S. The first-order chi connectivity index (χ1) is 6.27. The Bertz CT molecular complexity index is 375. The summed E-state index contributed by atoms with van der Waals surface area (Å²) in [5.41, 5.74) is 7.72. The summed E-state index contributed by atoms with van der Waals surface area (Å²) in [5, 5.41) is 3.00. The Kier molecular flexibility index (Phi) is 2.16. The van der Waals surface area contributed by atoms with Gasteiger partial charge in [0.1, 0.15) is 5.01 Å². The van der Waals surface area contributed by atoms with Crippen molar-refractivity contribution in [3.63, 3.8) is 0 Å². The molecule has 1 unspecified atom stereocenters. The lowest BCUT2D eigenvalue weighted by molar-refractivity contribution is 0.790. The van der Waals surface area contributed by atoms with E-state index in [1.807, 2.05) is 30.6 Å². The van der Waals surface area contributed by atoms with Crippen LogP contribution in [-0.4, -0.2) is 9.97 Å². The van der Waals surface area contributed by atoms with Crippen molar-refractivity contribution in [3.05, 3.63) is 29.4 Å². The molecule has 13 heavy (non-hydrogen) atoms. The monoisotopic (exact) mass is 193 g/mol. The predicted octanol–water partition coefficient (Wildman–Crippen LogP) is 2.16. The Morgan fingerprint density at radius 1 is 1.62 bits per heavy atom. The van der Waals surface area contributed by atoms with Crippen LogP contribution in [0.1, 0.15) is 18.7 Å². The van der Waals surface area contributed by atoms with E-state index in [0.717, 1.165) is 16.4 Å². The van der Waals surface area contributed by atoms with Crippen LogP contribution in [0, 0.1) is 0 Å². The van der Waals surface area contributed by atoms with Crippen molar-refractivity contribution in [1.82, 2.24) is 9.97 Å². The van der Waals surface area contributed by atoms with Crippen LogP contribution in [0.3, 0.4) is 0 Å². The zero-order valence-corrected chi connectivity index (χ0v) is 8.14. The van der Waals surface area contributed by atoms with Crippen LogP contribution < -0.4 is 5.73 Å². The minimum atomic E-state index is 0.0139. The van der Waals surface area contributed by atoms with E-state index < -0.39 is 0 Å². The van der Waals surface area contributed by atoms with Gasteiger partial charge in [-0.05, 0) is 19.1 Å². The largest absolute Gasteiger partial charge is 0.359 e. The van der Waals surface area contributed by atoms with E-state index >= 15 is 0 Å². The van der Waals surface area contributed by atoms with Gasteiger partial charge in [-0.3, -0.25) is 0 Å². The number of hydrogen-bond donors (Lipinski definition) is 2. The van der Waals surface area contributed by atoms with Crippen molar-refractivity contribution in [2.24, 2.45) is 5.73 Å². The van der Waals surface area contributed by atoms with E-state index in [0.29, 0.717) is 0 Å². The summed E-state index contributed by atoms with van der Waals surface area (Å²) >= 11 is 1.61. The van der Waals surface area contributed by atoms with Crippen LogP contribution in [0.25, 0.3) is 10.7 Å². The molecule has 0 aliphatic carbocycles. The lowest BCUT2D eigenvalue weighted by atomic mass is 10.3. The summed E-state index contributed by atoms with van der Waals surface area (Å²) in [7, 11) is 0. The molecule has 3 N–H and O–H groups in total. The topological polar surface area (TPSA) is 54.7 Å². The highest BCUT2D eigenvalue weighted by molar-refractivity contribution is 7.13. The van der Waals surface area contributed by atoms with Gasteiger partial charge in [0.05, 0.1) is 11.4 Å². The quantitative estimate of drug-likeness (QED) is 0.767. The van der Waals surface area contributed by atoms with Crippen LogP contribution in [0.2, 0.25) is 0 Å². The predicted molar refractivity (Wildman–Crippen MR) is 54.5 cm³/mol. The third kappa shape index (κ3) is 1.64. The van der Waals surface area contributed by atoms with Crippen molar-refractivity contribution in [1.29, 1.82) is 0 Å². The van der Waals surface area contributed by atoms with Crippen molar-refractivity contribution >= 4 is 11.3 Å². The summed E-state index contributed by atoms with van der Waals surface area (Å²) < 4.78 is 0. The van der Waals surface area contributed by atoms with Gasteiger partial charge in [0.2, 0.25) is 0 Å². The maximum Gasteiger partial charge on any atom is 0.139 e. The smallest absolute Gasteiger partial charge is 0.139 e. The molecule has 0 amide bonds. The van der Waals surface area contributed by atoms with Crippen LogP contribution in [0.5, 0.6) is 0 Å². The molecular weight excluding hydrogens is 182 g/mol. The number of thiazole rings is 1. The molecule has 2 aromatic rings. The Morgan fingerprint density at radius 2 is 2.46 bits per heavy atom. The van der Waals surface area contributed by atoms with E-state index in [1.54, 1.807) is 11.3 Å². The molecule has 0 fully saturated rings. The van der Waals surface area contributed by atoms with Crippen molar-refractivity contribution < 1.29 is 0 Å². The number of nitrogens with two attached hydrogens (primary N) is 1. The van der Waals surface area contributed by atoms with Crippen LogP contribution in [-0.2, 0) is 0 Å². The molecule has 2 aromatic heterocycles. The van der Waals surface area contributed by atoms with Gasteiger partial charge in [-0.1, -0.05) is 0 Å². The molecule has 0 saturated carbocycles. The molecule has 0 bridgehead atoms. The highest BCUT2D eigenvalue weighted by Crippen LogP contribution is 2.23. The number of aromatic nitrogens is 2. The highest BCUT2D eigenvalue weighted by atomic mass is 32.1. The first kappa shape index (κ1) is 8.47. The summed E-state index contributed by atoms with van der Waals surface area (Å²) in [6, 6.07) is 3.98. The van der Waals surface area contributed by atoms with Crippen LogP contribution >= 0.6 is 11.3 Å². The van der Waals surface area contributed by atoms with Crippen molar-refractivity contribution in [2.45, 2.75) is 13.0 Å². The summed E-state index contributed by atoms with van der Waals surface area (Å²) in [4.78, 5) is 7.53. The lowest BCUT2D eigenvalue weighted by Crippen LogP contribution is -2.04. The average molecular weight is 193 g/mol. The van der Waals surface area contributed by atoms with Gasteiger partial charge in [0.25, 0.3) is 0 Å². The first-order valence-electron chi connectivity index (χ1n) is 4.12. The fourth-order valence-corrected chi connectivity index (χ4v) is 1.99. The van der Waals surface area contributed by atoms with E-state index in [-0.39, 0.29) is 6.04 Å². The average Bonchev–Trinajstić information content (AvgIpc) is 2.75. The molecule has 0 aliphatic rings. The van der Waals surface area contributed by atoms with E-state index in [2.05, 4.69) is 9.97 Å². The molecule has 68 valence electrons. The van der Waals surface area contributed by atoms with Crippen molar-refractivity contribution in [3.8, 4) is 10.7 Å². The number of H-pyrrole nitrogens is 1. The Labute approximate surface area is 80.6 Å². The van der Waals surface area contributed by atoms with E-state index in [1.165, 1.54) is 0 Å². The number of rotatable bonds is 2. The second-order valence-electron chi connectivity index (χ2n) is 2.95. The van der Waals surface area contributed by atoms with Gasteiger partial charge >= 0.3 is 0 Å². The zero-order valence-electron chi connectivity index (χ0n) is 7.32. The van der Waals surface area contributed by atoms with Gasteiger partial charge < -0.3 is 10.7 Å². The second kappa shape index (κ2) is 3.32. The minimum absolute atomic E-state index is 0.0139. The van der Waals surface area contributed by atoms with E-state index in [9.17, 15) is 0 Å². The first-order valence-corrected chi connectivity index (χ1v) is 5.00. The van der Waals surface area contributed by atoms with Gasteiger partial charge in [-0.15, -0.1) is 11.3 Å². The number of hydrogen-bond acceptors (Lipinski definition) is 3. The standard InChI is InChI=1S/C9H11N3S/c1-6(10)8-5-13-9(12-8)7-3-2-4-11-7/h2-6,11H,10H2,1H3. The number of nitrogens with one attached hydrogen (secondary N) is 1. The molecule has 0 saturated heterocycles. The summed E-state index contributed by atoms with van der Waals surface area (Å²) in [6.45, 7) is 1.94. The molecule has 4 heteroatoms. The molecule has 0 radical (unpaired) electrons. The molecule has 3 nitrogen and oxygen atoms in total. The fraction of sp³-hybridized carbons (Fsp3) is 0.222. The fourth-order valence-electron chi connectivity index (χ4n) is 1.08. The van der Waals surface area contributed by atoms with Gasteiger partial charge in [-0.25, -0.2) is 4.98 Å². The molecule has 2 heterocycles. The molecule has 0 aromatic carbocycles. The third-order valence-electron chi connectivity index (χ3n) is 1.82. The number of nitrogens with zero attached hydrogens (tertiary/aromatic N) is 1. The highest BCUT2D eigenvalue weighted by Gasteiger charge is 2.07. The summed E-state index contributed by atoms with van der Waals surface area (Å²) in [5.74, 6) is 0. The molecule has 0 spiro atoms. The van der Waals surface area contributed by atoms with Crippen molar-refractivity contribution in [2.75, 3.05) is 0 Å². The number of aromatic amines is 1. The summed E-state index contributed by atoms with van der Waals surface area (Å²) in [6.07, 6.45) is 1.89. The Balaban J connectivity index is 2.33. The minimum Gasteiger partial charge on any atom is -0.359 e. The van der Waals surface area contributed by atoms with E-state index in [4.69, 9.17) is 5.73 Å². The van der Waals surface area contributed by atoms with Gasteiger partial charge in [0.15, 0.2) is 0 Å². The second-order valence-corrected chi connectivity index (χ2v) is 3.81. The SMILES string of the molecule is CC(N)c1csc(-c2ccc[nH]2)n1. The van der Waals surface area contributed by atoms with Gasteiger partial charge in [-0.2, -0.15) is 0 Å².